The van der Waals surface area contributed by atoms with E-state index in [2.05, 4.69) is 9.97 Å². The lowest BCUT2D eigenvalue weighted by Crippen LogP contribution is -2.19. The van der Waals surface area contributed by atoms with Crippen molar-refractivity contribution in [2.75, 3.05) is 24.7 Å². The van der Waals surface area contributed by atoms with Crippen LogP contribution in [0.2, 0.25) is 0 Å². The number of aromatic nitrogens is 2. The standard InChI is InChI=1S/C11H13N5O3S/c1-15(2)8-4-3-6(20-8)5-7-9(12)13-11(16(18)19)14-10(7)17/h3-4H,5H2,1-2H3,(H3,12,13,14,17). The monoisotopic (exact) mass is 295 g/mol. The van der Waals surface area contributed by atoms with Crippen molar-refractivity contribution in [1.82, 2.24) is 9.97 Å². The smallest absolute Gasteiger partial charge is 0.390 e. The lowest BCUT2D eigenvalue weighted by Gasteiger charge is -2.07. The van der Waals surface area contributed by atoms with Crippen LogP contribution in [0, 0.1) is 10.1 Å². The molecule has 3 N–H and O–H groups in total. The van der Waals surface area contributed by atoms with Crippen LogP contribution in [-0.2, 0) is 6.42 Å². The Balaban J connectivity index is 2.33. The third kappa shape index (κ3) is 2.77. The van der Waals surface area contributed by atoms with Crippen molar-refractivity contribution in [2.45, 2.75) is 6.42 Å². The number of nitrogens with one attached hydrogen (secondary N) is 1. The third-order valence-corrected chi connectivity index (χ3v) is 3.90. The second kappa shape index (κ2) is 5.29. The Morgan fingerprint density at radius 2 is 2.20 bits per heavy atom. The van der Waals surface area contributed by atoms with Crippen LogP contribution in [0.4, 0.5) is 16.8 Å². The highest BCUT2D eigenvalue weighted by atomic mass is 32.1. The van der Waals surface area contributed by atoms with Gasteiger partial charge in [-0.25, -0.2) is 4.98 Å². The van der Waals surface area contributed by atoms with Crippen molar-refractivity contribution in [2.24, 2.45) is 0 Å². The average molecular weight is 295 g/mol. The highest BCUT2D eigenvalue weighted by Gasteiger charge is 2.18. The molecule has 0 bridgehead atoms. The molecular formula is C11H13N5O3S. The van der Waals surface area contributed by atoms with Gasteiger partial charge in [-0.2, -0.15) is 0 Å². The SMILES string of the molecule is CN(C)c1ccc(Cc2c(N)nc([N+](=O)[O-])[nH]c2=O)s1. The number of thiophene rings is 1. The molecular weight excluding hydrogens is 282 g/mol. The predicted octanol–water partition coefficient (Wildman–Crippen LogP) is 0.979. The van der Waals surface area contributed by atoms with E-state index in [1.807, 2.05) is 31.1 Å². The summed E-state index contributed by atoms with van der Waals surface area (Å²) in [6, 6.07) is 3.82. The van der Waals surface area contributed by atoms with Crippen molar-refractivity contribution < 1.29 is 4.92 Å². The predicted molar refractivity (Wildman–Crippen MR) is 77.4 cm³/mol. The van der Waals surface area contributed by atoms with Crippen molar-refractivity contribution in [3.63, 3.8) is 0 Å². The van der Waals surface area contributed by atoms with Gasteiger partial charge >= 0.3 is 11.5 Å². The van der Waals surface area contributed by atoms with Crippen LogP contribution in [0.5, 0.6) is 0 Å². The molecule has 0 saturated heterocycles. The number of nitrogen functional groups attached to an aromatic ring is 1. The van der Waals surface area contributed by atoms with Crippen LogP contribution in [0.1, 0.15) is 10.4 Å². The maximum atomic E-state index is 11.8. The van der Waals surface area contributed by atoms with Gasteiger partial charge in [0.05, 0.1) is 10.6 Å². The van der Waals surface area contributed by atoms with E-state index in [9.17, 15) is 14.9 Å². The number of rotatable bonds is 4. The second-order valence-electron chi connectivity index (χ2n) is 4.32. The molecule has 0 fully saturated rings. The molecule has 2 aromatic heterocycles. The lowest BCUT2D eigenvalue weighted by atomic mass is 10.2. The molecule has 2 aromatic rings. The first kappa shape index (κ1) is 14.0. The molecule has 0 aromatic carbocycles. The molecule has 0 radical (unpaired) electrons. The summed E-state index contributed by atoms with van der Waals surface area (Å²) in [5.74, 6) is -0.753. The van der Waals surface area contributed by atoms with Crippen molar-refractivity contribution in [3.05, 3.63) is 43.0 Å². The number of anilines is 2. The zero-order valence-electron chi connectivity index (χ0n) is 10.9. The third-order valence-electron chi connectivity index (χ3n) is 2.65. The summed E-state index contributed by atoms with van der Waals surface area (Å²) in [7, 11) is 3.84. The Labute approximate surface area is 118 Å². The summed E-state index contributed by atoms with van der Waals surface area (Å²) >= 11 is 1.52. The molecule has 106 valence electrons. The van der Waals surface area contributed by atoms with Gasteiger partial charge in [0.25, 0.3) is 0 Å². The van der Waals surface area contributed by atoms with E-state index in [1.165, 1.54) is 11.3 Å². The maximum Gasteiger partial charge on any atom is 0.437 e. The van der Waals surface area contributed by atoms with Gasteiger partial charge in [0, 0.05) is 25.4 Å². The maximum absolute atomic E-state index is 11.8. The highest BCUT2D eigenvalue weighted by Crippen LogP contribution is 2.26. The van der Waals surface area contributed by atoms with Crippen LogP contribution in [0.3, 0.4) is 0 Å². The number of aromatic amines is 1. The Kier molecular flexibility index (Phi) is 3.70. The minimum Gasteiger partial charge on any atom is -0.390 e. The fraction of sp³-hybridized carbons (Fsp3) is 0.273. The summed E-state index contributed by atoms with van der Waals surface area (Å²) in [6.07, 6.45) is 0.296. The highest BCUT2D eigenvalue weighted by molar-refractivity contribution is 7.16. The Hall–Kier alpha value is -2.42. The van der Waals surface area contributed by atoms with Gasteiger partial charge < -0.3 is 20.7 Å². The fourth-order valence-corrected chi connectivity index (χ4v) is 2.58. The van der Waals surface area contributed by atoms with Crippen LogP contribution in [-0.4, -0.2) is 29.0 Å². The molecule has 8 nitrogen and oxygen atoms in total. The minimum absolute atomic E-state index is 0.111. The average Bonchev–Trinajstić information content (AvgIpc) is 2.82. The molecule has 0 amide bonds. The van der Waals surface area contributed by atoms with Gasteiger partial charge in [0.2, 0.25) is 5.82 Å². The quantitative estimate of drug-likeness (QED) is 0.641. The van der Waals surface area contributed by atoms with E-state index in [-0.39, 0.29) is 11.4 Å². The summed E-state index contributed by atoms with van der Waals surface area (Å²) in [6.45, 7) is 0. The molecule has 0 unspecified atom stereocenters. The normalized spacial score (nSPS) is 10.5. The molecule has 0 atom stereocenters. The second-order valence-corrected chi connectivity index (χ2v) is 5.47. The molecule has 0 aliphatic heterocycles. The van der Waals surface area contributed by atoms with E-state index in [4.69, 9.17) is 5.73 Å². The van der Waals surface area contributed by atoms with Gasteiger partial charge in [-0.3, -0.25) is 4.79 Å². The molecule has 9 heteroatoms. The minimum atomic E-state index is -0.781. The summed E-state index contributed by atoms with van der Waals surface area (Å²) in [5.41, 5.74) is 5.29. The number of nitrogens with zero attached hydrogens (tertiary/aromatic N) is 3. The first-order valence-corrected chi connectivity index (χ1v) is 6.49. The van der Waals surface area contributed by atoms with Crippen molar-refractivity contribution >= 4 is 28.1 Å². The van der Waals surface area contributed by atoms with Gasteiger partial charge in [0.1, 0.15) is 0 Å². The number of hydrogen-bond acceptors (Lipinski definition) is 7. The first-order chi connectivity index (χ1) is 9.38. The fourth-order valence-electron chi connectivity index (χ4n) is 1.64. The molecule has 0 spiro atoms. The largest absolute Gasteiger partial charge is 0.437 e. The molecule has 2 rings (SSSR count). The number of nitrogens with two attached hydrogens (primary N) is 1. The summed E-state index contributed by atoms with van der Waals surface area (Å²) in [5, 5.41) is 11.6. The van der Waals surface area contributed by atoms with Gasteiger partial charge in [0.15, 0.2) is 0 Å². The Morgan fingerprint density at radius 1 is 1.50 bits per heavy atom. The van der Waals surface area contributed by atoms with E-state index < -0.39 is 16.4 Å². The Bertz CT molecular complexity index is 706. The molecule has 0 aliphatic carbocycles. The van der Waals surface area contributed by atoms with Crippen LogP contribution in [0.25, 0.3) is 0 Å². The van der Waals surface area contributed by atoms with Crippen molar-refractivity contribution in [1.29, 1.82) is 0 Å². The zero-order chi connectivity index (χ0) is 14.9. The van der Waals surface area contributed by atoms with E-state index in [0.29, 0.717) is 6.42 Å². The van der Waals surface area contributed by atoms with E-state index >= 15 is 0 Å². The van der Waals surface area contributed by atoms with Crippen LogP contribution < -0.4 is 16.2 Å². The molecule has 20 heavy (non-hydrogen) atoms. The molecule has 0 aliphatic rings. The molecule has 2 heterocycles. The van der Waals surface area contributed by atoms with Gasteiger partial charge in [-0.15, -0.1) is 11.3 Å². The number of hydrogen-bond donors (Lipinski definition) is 2. The van der Waals surface area contributed by atoms with Crippen molar-refractivity contribution in [3.8, 4) is 0 Å². The first-order valence-electron chi connectivity index (χ1n) is 5.67. The Morgan fingerprint density at radius 3 is 2.70 bits per heavy atom. The van der Waals surface area contributed by atoms with E-state index in [0.717, 1.165) is 9.88 Å². The number of H-pyrrole nitrogens is 1. The summed E-state index contributed by atoms with van der Waals surface area (Å²) < 4.78 is 0. The van der Waals surface area contributed by atoms with E-state index in [1.54, 1.807) is 0 Å². The zero-order valence-corrected chi connectivity index (χ0v) is 11.7. The molecule has 0 saturated carbocycles. The lowest BCUT2D eigenvalue weighted by molar-refractivity contribution is -0.394. The van der Waals surface area contributed by atoms with Crippen LogP contribution in [0.15, 0.2) is 16.9 Å². The van der Waals surface area contributed by atoms with Crippen LogP contribution >= 0.6 is 11.3 Å². The number of nitro groups is 1. The topological polar surface area (TPSA) is 118 Å². The van der Waals surface area contributed by atoms with Gasteiger partial charge in [-0.1, -0.05) is 4.98 Å². The van der Waals surface area contributed by atoms with Gasteiger partial charge in [-0.05, 0) is 17.1 Å². The summed E-state index contributed by atoms with van der Waals surface area (Å²) in [4.78, 5) is 30.2.